The number of benzene rings is 1. The molecule has 1 aromatic heterocycles. The predicted molar refractivity (Wildman–Crippen MR) is 77.8 cm³/mol. The van der Waals surface area contributed by atoms with Crippen molar-refractivity contribution in [3.8, 4) is 0 Å². The molecule has 0 aliphatic rings. The molecule has 3 nitrogen and oxygen atoms in total. The van der Waals surface area contributed by atoms with Crippen molar-refractivity contribution in [2.75, 3.05) is 0 Å². The van der Waals surface area contributed by atoms with Crippen molar-refractivity contribution in [3.63, 3.8) is 0 Å². The fourth-order valence-corrected chi connectivity index (χ4v) is 1.83. The highest BCUT2D eigenvalue weighted by atomic mass is 79.9. The second-order valence-corrected chi connectivity index (χ2v) is 4.53. The molecule has 0 N–H and O–H groups in total. The summed E-state index contributed by atoms with van der Waals surface area (Å²) in [5.74, 6) is 0.340. The highest BCUT2D eigenvalue weighted by molar-refractivity contribution is 9.10. The highest BCUT2D eigenvalue weighted by Gasteiger charge is 2.06. The number of aryl methyl sites for hydroxylation is 1. The third-order valence-corrected chi connectivity index (χ3v) is 3.00. The molecule has 2 aromatic rings. The third-order valence-electron chi connectivity index (χ3n) is 2.46. The van der Waals surface area contributed by atoms with Crippen molar-refractivity contribution in [2.45, 2.75) is 27.3 Å². The van der Waals surface area contributed by atoms with Gasteiger partial charge in [0.1, 0.15) is 16.1 Å². The van der Waals surface area contributed by atoms with Crippen LogP contribution in [0, 0.1) is 12.7 Å². The largest absolute Gasteiger partial charge is 0.291 e. The molecule has 0 saturated carbocycles. The lowest BCUT2D eigenvalue weighted by Crippen LogP contribution is -2.24. The van der Waals surface area contributed by atoms with Gasteiger partial charge in [0.15, 0.2) is 0 Å². The van der Waals surface area contributed by atoms with Crippen molar-refractivity contribution in [1.29, 1.82) is 0 Å². The van der Waals surface area contributed by atoms with E-state index in [1.54, 1.807) is 19.1 Å². The maximum absolute atomic E-state index is 12.8. The van der Waals surface area contributed by atoms with Crippen LogP contribution < -0.4 is 5.56 Å². The molecule has 2 rings (SSSR count). The lowest BCUT2D eigenvalue weighted by molar-refractivity contribution is 0.625. The van der Waals surface area contributed by atoms with Crippen LogP contribution in [-0.4, -0.2) is 9.55 Å². The Morgan fingerprint density at radius 3 is 2.42 bits per heavy atom. The van der Waals surface area contributed by atoms with Crippen molar-refractivity contribution in [2.24, 2.45) is 0 Å². The van der Waals surface area contributed by atoms with Crippen molar-refractivity contribution in [3.05, 3.63) is 62.5 Å². The maximum atomic E-state index is 12.8. The van der Waals surface area contributed by atoms with E-state index < -0.39 is 0 Å². The van der Waals surface area contributed by atoms with Gasteiger partial charge in [-0.3, -0.25) is 9.36 Å². The number of hydrogen-bond donors (Lipinski definition) is 0. The van der Waals surface area contributed by atoms with E-state index in [1.807, 2.05) is 13.8 Å². The molecule has 1 aromatic carbocycles. The maximum Gasteiger partial charge on any atom is 0.268 e. The molecule has 102 valence electrons. The zero-order chi connectivity index (χ0) is 14.4. The van der Waals surface area contributed by atoms with Crippen molar-refractivity contribution >= 4 is 15.9 Å². The van der Waals surface area contributed by atoms with Crippen molar-refractivity contribution < 1.29 is 4.39 Å². The smallest absolute Gasteiger partial charge is 0.268 e. The minimum Gasteiger partial charge on any atom is -0.291 e. The molecule has 0 aliphatic heterocycles. The first-order valence-electron chi connectivity index (χ1n) is 6.04. The fraction of sp³-hybridized carbons (Fsp3) is 0.286. The molecular formula is C14H16BrFN2O. The van der Waals surface area contributed by atoms with Gasteiger partial charge >= 0.3 is 0 Å². The Hall–Kier alpha value is -1.49. The first-order valence-corrected chi connectivity index (χ1v) is 6.83. The van der Waals surface area contributed by atoms with Crippen LogP contribution in [0.2, 0.25) is 0 Å². The third kappa shape index (κ3) is 3.99. The summed E-state index contributed by atoms with van der Waals surface area (Å²) in [5, 5.41) is 0. The van der Waals surface area contributed by atoms with E-state index in [0.29, 0.717) is 16.8 Å². The normalized spacial score (nSPS) is 9.74. The topological polar surface area (TPSA) is 34.9 Å². The number of nitrogens with zero attached hydrogens (tertiary/aromatic N) is 2. The summed E-state index contributed by atoms with van der Waals surface area (Å²) < 4.78 is 14.7. The Kier molecular flexibility index (Phi) is 5.89. The first kappa shape index (κ1) is 15.6. The molecule has 0 radical (unpaired) electrons. The lowest BCUT2D eigenvalue weighted by Gasteiger charge is -2.09. The second-order valence-electron chi connectivity index (χ2n) is 3.67. The lowest BCUT2D eigenvalue weighted by atomic mass is 10.2. The summed E-state index contributed by atoms with van der Waals surface area (Å²) >= 11 is 3.15. The van der Waals surface area contributed by atoms with Crippen molar-refractivity contribution in [1.82, 2.24) is 9.55 Å². The van der Waals surface area contributed by atoms with E-state index in [9.17, 15) is 9.18 Å². The van der Waals surface area contributed by atoms with E-state index in [0.717, 1.165) is 5.56 Å². The number of hydrogen-bond acceptors (Lipinski definition) is 2. The molecule has 0 bridgehead atoms. The molecule has 0 atom stereocenters. The standard InChI is InChI=1S/C12H10BrFN2O.C2H6/c1-8-15-6-11(13)12(17)16(8)7-9-2-4-10(14)5-3-9;1-2/h2-6H,7H2,1H3;1-2H3. The van der Waals surface area contributed by atoms with Gasteiger partial charge in [-0.25, -0.2) is 9.37 Å². The highest BCUT2D eigenvalue weighted by Crippen LogP contribution is 2.07. The fourth-order valence-electron chi connectivity index (χ4n) is 1.51. The van der Waals surface area contributed by atoms with Crippen LogP contribution in [0.4, 0.5) is 4.39 Å². The van der Waals surface area contributed by atoms with Gasteiger partial charge in [-0.1, -0.05) is 26.0 Å². The molecule has 0 amide bonds. The molecule has 0 spiro atoms. The summed E-state index contributed by atoms with van der Waals surface area (Å²) in [6, 6.07) is 6.06. The molecule has 0 aliphatic carbocycles. The average Bonchev–Trinajstić information content (AvgIpc) is 2.44. The molecule has 0 unspecified atom stereocenters. The van der Waals surface area contributed by atoms with Gasteiger partial charge in [-0.05, 0) is 40.5 Å². The number of halogens is 2. The molecule has 19 heavy (non-hydrogen) atoms. The summed E-state index contributed by atoms with van der Waals surface area (Å²) in [6.07, 6.45) is 1.48. The van der Waals surface area contributed by atoms with Crippen LogP contribution in [0.1, 0.15) is 25.2 Å². The number of aromatic nitrogens is 2. The van der Waals surface area contributed by atoms with E-state index in [-0.39, 0.29) is 11.4 Å². The summed E-state index contributed by atoms with van der Waals surface area (Å²) in [7, 11) is 0. The Labute approximate surface area is 120 Å². The predicted octanol–water partition coefficient (Wildman–Crippen LogP) is 3.53. The average molecular weight is 327 g/mol. The molecule has 1 heterocycles. The van der Waals surface area contributed by atoms with Crippen LogP contribution in [-0.2, 0) is 6.54 Å². The monoisotopic (exact) mass is 326 g/mol. The van der Waals surface area contributed by atoms with E-state index in [1.165, 1.54) is 22.9 Å². The number of rotatable bonds is 2. The van der Waals surface area contributed by atoms with Crippen LogP contribution in [0.15, 0.2) is 39.7 Å². The Morgan fingerprint density at radius 1 is 1.26 bits per heavy atom. The summed E-state index contributed by atoms with van der Waals surface area (Å²) in [4.78, 5) is 16.0. The zero-order valence-electron chi connectivity index (χ0n) is 11.2. The van der Waals surface area contributed by atoms with Gasteiger partial charge in [0.25, 0.3) is 5.56 Å². The Morgan fingerprint density at radius 2 is 1.84 bits per heavy atom. The van der Waals surface area contributed by atoms with Gasteiger partial charge in [0, 0.05) is 6.20 Å². The quantitative estimate of drug-likeness (QED) is 0.846. The van der Waals surface area contributed by atoms with Gasteiger partial charge in [-0.15, -0.1) is 0 Å². The van der Waals surface area contributed by atoms with E-state index in [2.05, 4.69) is 20.9 Å². The van der Waals surface area contributed by atoms with Gasteiger partial charge in [0.05, 0.1) is 6.54 Å². The minimum atomic E-state index is -0.287. The van der Waals surface area contributed by atoms with Gasteiger partial charge in [0.2, 0.25) is 0 Å². The molecule has 0 saturated heterocycles. The van der Waals surface area contributed by atoms with Crippen LogP contribution in [0.25, 0.3) is 0 Å². The Balaban J connectivity index is 0.000000861. The molecule has 5 heteroatoms. The van der Waals surface area contributed by atoms with Gasteiger partial charge in [-0.2, -0.15) is 0 Å². The zero-order valence-corrected chi connectivity index (χ0v) is 12.7. The SMILES string of the molecule is CC.Cc1ncc(Br)c(=O)n1Cc1ccc(F)cc1. The van der Waals surface area contributed by atoms with Crippen LogP contribution in [0.3, 0.4) is 0 Å². The van der Waals surface area contributed by atoms with E-state index >= 15 is 0 Å². The minimum absolute atomic E-state index is 0.137. The summed E-state index contributed by atoms with van der Waals surface area (Å²) in [6.45, 7) is 6.15. The van der Waals surface area contributed by atoms with Crippen LogP contribution >= 0.6 is 15.9 Å². The summed E-state index contributed by atoms with van der Waals surface area (Å²) in [5.41, 5.74) is 0.721. The van der Waals surface area contributed by atoms with Gasteiger partial charge < -0.3 is 0 Å². The second kappa shape index (κ2) is 7.19. The molecule has 0 fully saturated rings. The van der Waals surface area contributed by atoms with E-state index in [4.69, 9.17) is 0 Å². The first-order chi connectivity index (χ1) is 9.08. The molecular weight excluding hydrogens is 311 g/mol. The van der Waals surface area contributed by atoms with Crippen LogP contribution in [0.5, 0.6) is 0 Å². The Bertz CT molecular complexity index is 593.